The molecule has 2 rings (SSSR count). The van der Waals surface area contributed by atoms with Crippen molar-refractivity contribution in [2.24, 2.45) is 5.92 Å². The number of anilines is 1. The molecule has 7 nitrogen and oxygen atoms in total. The monoisotopic (exact) mass is 392 g/mol. The smallest absolute Gasteiger partial charge is 0.307 e. The number of carboxylic acid groups (broad SMARTS) is 1. The lowest BCUT2D eigenvalue weighted by molar-refractivity contribution is -0.144. The highest BCUT2D eigenvalue weighted by molar-refractivity contribution is 6.32. The fourth-order valence-electron chi connectivity index (χ4n) is 2.75. The summed E-state index contributed by atoms with van der Waals surface area (Å²) in [6.45, 7) is 1.21. The Labute approximate surface area is 157 Å². The molecule has 1 unspecified atom stereocenters. The Morgan fingerprint density at radius 1 is 1.32 bits per heavy atom. The van der Waals surface area contributed by atoms with Gasteiger partial charge >= 0.3 is 5.97 Å². The molecule has 1 aliphatic heterocycles. The van der Waals surface area contributed by atoms with Crippen molar-refractivity contribution in [2.45, 2.75) is 12.8 Å². The number of carbonyl (C=O) groups is 2. The Balaban J connectivity index is 0.00000312. The molecule has 2 N–H and O–H groups in total. The first kappa shape index (κ1) is 21.3. The fraction of sp³-hybridized carbons (Fsp3) is 0.500. The Bertz CT molecular complexity index is 627. The van der Waals surface area contributed by atoms with Gasteiger partial charge in [-0.25, -0.2) is 0 Å². The topological polar surface area (TPSA) is 88.1 Å². The molecular formula is C16H22Cl2N2O5. The zero-order valence-electron chi connectivity index (χ0n) is 14.1. The van der Waals surface area contributed by atoms with Crippen LogP contribution in [0, 0.1) is 5.92 Å². The quantitative estimate of drug-likeness (QED) is 0.772. The first-order valence-corrected chi connectivity index (χ1v) is 7.99. The number of likely N-dealkylation sites (tertiary alicyclic amines) is 1. The van der Waals surface area contributed by atoms with Crippen molar-refractivity contribution in [1.82, 2.24) is 4.90 Å². The SMILES string of the molecule is COc1cc(NC(=O)CN2CCCC(C(=O)O)C2)c(OC)cc1Cl.Cl. The number of hydrogen-bond donors (Lipinski definition) is 2. The second-order valence-electron chi connectivity index (χ2n) is 5.65. The summed E-state index contributed by atoms with van der Waals surface area (Å²) in [4.78, 5) is 25.2. The van der Waals surface area contributed by atoms with Crippen LogP contribution >= 0.6 is 24.0 Å². The maximum Gasteiger partial charge on any atom is 0.307 e. The van der Waals surface area contributed by atoms with Gasteiger partial charge in [-0.3, -0.25) is 14.5 Å². The molecule has 1 saturated heterocycles. The highest BCUT2D eigenvalue weighted by Crippen LogP contribution is 2.35. The van der Waals surface area contributed by atoms with Crippen molar-refractivity contribution in [3.05, 3.63) is 17.2 Å². The average Bonchev–Trinajstić information content (AvgIpc) is 2.56. The molecule has 0 aliphatic carbocycles. The largest absolute Gasteiger partial charge is 0.495 e. The van der Waals surface area contributed by atoms with E-state index in [0.29, 0.717) is 41.7 Å². The summed E-state index contributed by atoms with van der Waals surface area (Å²) in [5, 5.41) is 12.3. The van der Waals surface area contributed by atoms with E-state index in [1.54, 1.807) is 12.1 Å². The summed E-state index contributed by atoms with van der Waals surface area (Å²) >= 11 is 6.04. The van der Waals surface area contributed by atoms with Gasteiger partial charge in [0.05, 0.1) is 37.4 Å². The van der Waals surface area contributed by atoms with Crippen molar-refractivity contribution in [2.75, 3.05) is 39.2 Å². The van der Waals surface area contributed by atoms with Crippen LogP contribution in [0.15, 0.2) is 12.1 Å². The molecule has 140 valence electrons. The lowest BCUT2D eigenvalue weighted by atomic mass is 9.98. The summed E-state index contributed by atoms with van der Waals surface area (Å²) < 4.78 is 10.4. The number of amides is 1. The van der Waals surface area contributed by atoms with Crippen molar-refractivity contribution in [1.29, 1.82) is 0 Å². The van der Waals surface area contributed by atoms with Gasteiger partial charge in [0, 0.05) is 18.7 Å². The summed E-state index contributed by atoms with van der Waals surface area (Å²) in [7, 11) is 2.97. The molecule has 0 bridgehead atoms. The number of carboxylic acids is 1. The predicted molar refractivity (Wildman–Crippen MR) is 97.2 cm³/mol. The van der Waals surface area contributed by atoms with Crippen LogP contribution in [0.3, 0.4) is 0 Å². The molecule has 1 aromatic carbocycles. The zero-order valence-corrected chi connectivity index (χ0v) is 15.7. The number of halogens is 2. The van der Waals surface area contributed by atoms with Gasteiger partial charge in [-0.15, -0.1) is 12.4 Å². The van der Waals surface area contributed by atoms with E-state index in [1.807, 2.05) is 4.90 Å². The van der Waals surface area contributed by atoms with Crippen LogP contribution < -0.4 is 14.8 Å². The minimum absolute atomic E-state index is 0. The molecule has 0 saturated carbocycles. The number of ether oxygens (including phenoxy) is 2. The number of hydrogen-bond acceptors (Lipinski definition) is 5. The lowest BCUT2D eigenvalue weighted by Crippen LogP contribution is -2.42. The molecule has 1 fully saturated rings. The third-order valence-electron chi connectivity index (χ3n) is 3.97. The van der Waals surface area contributed by atoms with E-state index < -0.39 is 11.9 Å². The molecule has 1 aliphatic rings. The molecule has 0 radical (unpaired) electrons. The van der Waals surface area contributed by atoms with E-state index in [1.165, 1.54) is 14.2 Å². The van der Waals surface area contributed by atoms with Crippen LogP contribution in [-0.2, 0) is 9.59 Å². The Hall–Kier alpha value is -1.70. The predicted octanol–water partition coefficient (Wildman–Crippen LogP) is 2.51. The Morgan fingerprint density at radius 3 is 2.60 bits per heavy atom. The van der Waals surface area contributed by atoms with Crippen molar-refractivity contribution in [3.8, 4) is 11.5 Å². The van der Waals surface area contributed by atoms with Gasteiger partial charge in [-0.1, -0.05) is 11.6 Å². The summed E-state index contributed by atoms with van der Waals surface area (Å²) in [5.74, 6) is -0.627. The second-order valence-corrected chi connectivity index (χ2v) is 6.05. The van der Waals surface area contributed by atoms with Gasteiger partial charge in [0.15, 0.2) is 0 Å². The molecule has 0 spiro atoms. The van der Waals surface area contributed by atoms with Crippen LogP contribution in [0.25, 0.3) is 0 Å². The van der Waals surface area contributed by atoms with Crippen LogP contribution in [0.2, 0.25) is 5.02 Å². The van der Waals surface area contributed by atoms with E-state index >= 15 is 0 Å². The van der Waals surface area contributed by atoms with Gasteiger partial charge < -0.3 is 19.9 Å². The summed E-state index contributed by atoms with van der Waals surface area (Å²) in [5.41, 5.74) is 0.454. The van der Waals surface area contributed by atoms with Crippen molar-refractivity contribution < 1.29 is 24.2 Å². The number of nitrogens with zero attached hydrogens (tertiary/aromatic N) is 1. The first-order chi connectivity index (χ1) is 11.4. The van der Waals surface area contributed by atoms with E-state index in [-0.39, 0.29) is 24.9 Å². The number of nitrogens with one attached hydrogen (secondary N) is 1. The number of rotatable bonds is 6. The molecule has 1 aromatic rings. The maximum absolute atomic E-state index is 12.3. The van der Waals surface area contributed by atoms with Gasteiger partial charge in [-0.05, 0) is 19.4 Å². The van der Waals surface area contributed by atoms with Gasteiger partial charge in [0.1, 0.15) is 11.5 Å². The minimum atomic E-state index is -0.816. The van der Waals surface area contributed by atoms with Crippen LogP contribution in [0.5, 0.6) is 11.5 Å². The van der Waals surface area contributed by atoms with Gasteiger partial charge in [0.2, 0.25) is 5.91 Å². The number of piperidine rings is 1. The summed E-state index contributed by atoms with van der Waals surface area (Å²) in [6.07, 6.45) is 1.41. The molecule has 1 atom stereocenters. The van der Waals surface area contributed by atoms with E-state index in [2.05, 4.69) is 5.32 Å². The maximum atomic E-state index is 12.3. The molecule has 0 aromatic heterocycles. The van der Waals surface area contributed by atoms with E-state index in [9.17, 15) is 9.59 Å². The third kappa shape index (κ3) is 5.66. The summed E-state index contributed by atoms with van der Waals surface area (Å²) in [6, 6.07) is 3.16. The second kappa shape index (κ2) is 9.70. The third-order valence-corrected chi connectivity index (χ3v) is 4.27. The average molecular weight is 393 g/mol. The van der Waals surface area contributed by atoms with Gasteiger partial charge in [0.25, 0.3) is 0 Å². The van der Waals surface area contributed by atoms with Gasteiger partial charge in [-0.2, -0.15) is 0 Å². The number of methoxy groups -OCH3 is 2. The molecular weight excluding hydrogens is 371 g/mol. The Morgan fingerprint density at radius 2 is 2.00 bits per heavy atom. The first-order valence-electron chi connectivity index (χ1n) is 7.61. The molecule has 25 heavy (non-hydrogen) atoms. The van der Waals surface area contributed by atoms with Crippen LogP contribution in [-0.4, -0.2) is 55.7 Å². The molecule has 9 heteroatoms. The van der Waals surface area contributed by atoms with E-state index in [0.717, 1.165) is 6.42 Å². The fourth-order valence-corrected chi connectivity index (χ4v) is 2.98. The number of aliphatic carboxylic acids is 1. The minimum Gasteiger partial charge on any atom is -0.495 e. The highest BCUT2D eigenvalue weighted by atomic mass is 35.5. The normalized spacial score (nSPS) is 17.3. The van der Waals surface area contributed by atoms with Crippen molar-refractivity contribution in [3.63, 3.8) is 0 Å². The molecule has 1 heterocycles. The lowest BCUT2D eigenvalue weighted by Gasteiger charge is -2.30. The van der Waals surface area contributed by atoms with Crippen LogP contribution in [0.4, 0.5) is 5.69 Å². The van der Waals surface area contributed by atoms with E-state index in [4.69, 9.17) is 26.2 Å². The molecule has 1 amide bonds. The zero-order chi connectivity index (χ0) is 17.7. The Kier molecular flexibility index (Phi) is 8.28. The van der Waals surface area contributed by atoms with Crippen LogP contribution in [0.1, 0.15) is 12.8 Å². The number of benzene rings is 1. The highest BCUT2D eigenvalue weighted by Gasteiger charge is 2.26. The number of carbonyl (C=O) groups excluding carboxylic acids is 1. The standard InChI is InChI=1S/C16H21ClN2O5.ClH/c1-23-13-7-12(14(24-2)6-11(13)17)18-15(20)9-19-5-3-4-10(8-19)16(21)22;/h6-7,10H,3-5,8-9H2,1-2H3,(H,18,20)(H,21,22);1H. The van der Waals surface area contributed by atoms with Crippen molar-refractivity contribution >= 4 is 41.6 Å².